The molecule has 12 heavy (non-hydrogen) atoms. The largest absolute Gasteiger partial charge is 0.381 e. The van der Waals surface area contributed by atoms with E-state index in [2.05, 4.69) is 6.92 Å². The fraction of sp³-hybridized carbons (Fsp3) is 1.00. The highest BCUT2D eigenvalue weighted by molar-refractivity contribution is 4.92. The summed E-state index contributed by atoms with van der Waals surface area (Å²) in [5.74, 6) is 0.974. The van der Waals surface area contributed by atoms with Gasteiger partial charge in [-0.15, -0.1) is 0 Å². The van der Waals surface area contributed by atoms with E-state index in [9.17, 15) is 0 Å². The molecule has 0 amide bonds. The first-order valence-electron chi connectivity index (χ1n) is 5.25. The Morgan fingerprint density at radius 3 is 2.58 bits per heavy atom. The molecule has 0 aromatic carbocycles. The first-order chi connectivity index (χ1) is 5.72. The number of hydrogen-bond acceptors (Lipinski definition) is 1. The Morgan fingerprint density at radius 1 is 1.33 bits per heavy atom. The van der Waals surface area contributed by atoms with Gasteiger partial charge in [0.2, 0.25) is 0 Å². The van der Waals surface area contributed by atoms with Crippen LogP contribution in [0.1, 0.15) is 45.4 Å². The molecular formula is C11H20O. The third-order valence-corrected chi connectivity index (χ3v) is 3.71. The Bertz CT molecular complexity index is 160. The van der Waals surface area contributed by atoms with E-state index in [1.807, 2.05) is 7.11 Å². The van der Waals surface area contributed by atoms with Crippen LogP contribution in [-0.2, 0) is 4.74 Å². The lowest BCUT2D eigenvalue weighted by Gasteiger charge is -2.14. The van der Waals surface area contributed by atoms with Gasteiger partial charge < -0.3 is 4.74 Å². The molecule has 0 N–H and O–H groups in total. The van der Waals surface area contributed by atoms with Crippen molar-refractivity contribution in [1.29, 1.82) is 0 Å². The molecule has 2 fully saturated rings. The quantitative estimate of drug-likeness (QED) is 0.629. The topological polar surface area (TPSA) is 9.23 Å². The second-order valence-electron chi connectivity index (χ2n) is 5.05. The molecule has 2 aliphatic carbocycles. The minimum Gasteiger partial charge on any atom is -0.381 e. The Labute approximate surface area is 75.5 Å². The summed E-state index contributed by atoms with van der Waals surface area (Å²) in [6.07, 6.45) is 9.03. The van der Waals surface area contributed by atoms with Gasteiger partial charge in [-0.2, -0.15) is 0 Å². The second kappa shape index (κ2) is 3.02. The van der Waals surface area contributed by atoms with Gasteiger partial charge in [0.05, 0.1) is 6.10 Å². The fourth-order valence-corrected chi connectivity index (χ4v) is 2.54. The van der Waals surface area contributed by atoms with Crippen LogP contribution in [0.25, 0.3) is 0 Å². The molecule has 0 heterocycles. The lowest BCUT2D eigenvalue weighted by atomic mass is 9.92. The average Bonchev–Trinajstić information content (AvgIpc) is 2.63. The molecule has 0 aromatic rings. The van der Waals surface area contributed by atoms with Crippen LogP contribution in [0, 0.1) is 11.3 Å². The Hall–Kier alpha value is -0.0400. The van der Waals surface area contributed by atoms with E-state index in [-0.39, 0.29) is 0 Å². The van der Waals surface area contributed by atoms with Gasteiger partial charge in [0.15, 0.2) is 0 Å². The summed E-state index contributed by atoms with van der Waals surface area (Å²) in [4.78, 5) is 0. The Kier molecular flexibility index (Phi) is 2.16. The van der Waals surface area contributed by atoms with E-state index >= 15 is 0 Å². The molecule has 2 aliphatic rings. The van der Waals surface area contributed by atoms with Crippen molar-refractivity contribution in [3.8, 4) is 0 Å². The van der Waals surface area contributed by atoms with Crippen LogP contribution in [0.2, 0.25) is 0 Å². The van der Waals surface area contributed by atoms with Gasteiger partial charge in [0, 0.05) is 7.11 Å². The first-order valence-corrected chi connectivity index (χ1v) is 5.25. The molecular weight excluding hydrogens is 148 g/mol. The van der Waals surface area contributed by atoms with Crippen LogP contribution in [-0.4, -0.2) is 13.2 Å². The van der Waals surface area contributed by atoms with E-state index in [0.29, 0.717) is 6.10 Å². The minimum absolute atomic E-state index is 0.581. The predicted molar refractivity (Wildman–Crippen MR) is 50.1 cm³/mol. The van der Waals surface area contributed by atoms with Crippen LogP contribution in [0.3, 0.4) is 0 Å². The molecule has 1 heteroatoms. The molecule has 2 rings (SSSR count). The molecule has 0 radical (unpaired) electrons. The number of rotatable bonds is 3. The maximum atomic E-state index is 5.38. The van der Waals surface area contributed by atoms with Crippen molar-refractivity contribution in [3.63, 3.8) is 0 Å². The molecule has 1 nitrogen and oxygen atoms in total. The molecule has 2 atom stereocenters. The number of hydrogen-bond donors (Lipinski definition) is 0. The summed E-state index contributed by atoms with van der Waals surface area (Å²) in [7, 11) is 1.85. The molecule has 2 unspecified atom stereocenters. The Balaban J connectivity index is 1.76. The molecule has 0 spiro atoms. The van der Waals surface area contributed by atoms with Crippen molar-refractivity contribution in [1.82, 2.24) is 0 Å². The van der Waals surface area contributed by atoms with Gasteiger partial charge in [-0.1, -0.05) is 6.92 Å². The molecule has 0 bridgehead atoms. The summed E-state index contributed by atoms with van der Waals surface area (Å²) >= 11 is 0. The van der Waals surface area contributed by atoms with Crippen LogP contribution in [0.15, 0.2) is 0 Å². The fourth-order valence-electron chi connectivity index (χ4n) is 2.54. The van der Waals surface area contributed by atoms with Crippen molar-refractivity contribution >= 4 is 0 Å². The third kappa shape index (κ3) is 1.82. The summed E-state index contributed by atoms with van der Waals surface area (Å²) in [6, 6.07) is 0. The van der Waals surface area contributed by atoms with E-state index in [1.54, 1.807) is 0 Å². The highest BCUT2D eigenvalue weighted by Gasteiger charge is 2.40. The predicted octanol–water partition coefficient (Wildman–Crippen LogP) is 2.99. The van der Waals surface area contributed by atoms with E-state index in [0.717, 1.165) is 11.3 Å². The molecule has 0 aliphatic heterocycles. The highest BCUT2D eigenvalue weighted by Crippen LogP contribution is 2.52. The van der Waals surface area contributed by atoms with Gasteiger partial charge in [0.1, 0.15) is 0 Å². The normalized spacial score (nSPS) is 38.5. The van der Waals surface area contributed by atoms with Crippen LogP contribution >= 0.6 is 0 Å². The van der Waals surface area contributed by atoms with E-state index in [1.165, 1.54) is 38.5 Å². The SMILES string of the molecule is COC1CCC(CC2(C)CC2)C1. The van der Waals surface area contributed by atoms with Crippen molar-refractivity contribution in [2.45, 2.75) is 51.6 Å². The van der Waals surface area contributed by atoms with Gasteiger partial charge in [-0.3, -0.25) is 0 Å². The summed E-state index contributed by atoms with van der Waals surface area (Å²) in [5, 5.41) is 0. The van der Waals surface area contributed by atoms with Crippen molar-refractivity contribution < 1.29 is 4.74 Å². The number of ether oxygens (including phenoxy) is 1. The van der Waals surface area contributed by atoms with E-state index < -0.39 is 0 Å². The van der Waals surface area contributed by atoms with Crippen LogP contribution in [0.4, 0.5) is 0 Å². The Morgan fingerprint density at radius 2 is 2.08 bits per heavy atom. The summed E-state index contributed by atoms with van der Waals surface area (Å²) < 4.78 is 5.38. The molecule has 0 saturated heterocycles. The monoisotopic (exact) mass is 168 g/mol. The standard InChI is InChI=1S/C11H20O/c1-11(5-6-11)8-9-3-4-10(7-9)12-2/h9-10H,3-8H2,1-2H3. The summed E-state index contributed by atoms with van der Waals surface area (Å²) in [5.41, 5.74) is 0.743. The first kappa shape index (κ1) is 8.55. The maximum Gasteiger partial charge on any atom is 0.0574 e. The van der Waals surface area contributed by atoms with Gasteiger partial charge in [0.25, 0.3) is 0 Å². The highest BCUT2D eigenvalue weighted by atomic mass is 16.5. The molecule has 2 saturated carbocycles. The number of methoxy groups -OCH3 is 1. The average molecular weight is 168 g/mol. The van der Waals surface area contributed by atoms with Gasteiger partial charge >= 0.3 is 0 Å². The van der Waals surface area contributed by atoms with Crippen molar-refractivity contribution in [2.75, 3.05) is 7.11 Å². The maximum absolute atomic E-state index is 5.38. The van der Waals surface area contributed by atoms with Crippen LogP contribution in [0.5, 0.6) is 0 Å². The van der Waals surface area contributed by atoms with Crippen molar-refractivity contribution in [2.24, 2.45) is 11.3 Å². The van der Waals surface area contributed by atoms with E-state index in [4.69, 9.17) is 4.74 Å². The zero-order valence-electron chi connectivity index (χ0n) is 8.31. The van der Waals surface area contributed by atoms with Gasteiger partial charge in [-0.05, 0) is 49.9 Å². The molecule has 70 valence electrons. The second-order valence-corrected chi connectivity index (χ2v) is 5.05. The lowest BCUT2D eigenvalue weighted by molar-refractivity contribution is 0.104. The van der Waals surface area contributed by atoms with Gasteiger partial charge in [-0.25, -0.2) is 0 Å². The molecule has 0 aromatic heterocycles. The lowest BCUT2D eigenvalue weighted by Crippen LogP contribution is -2.07. The van der Waals surface area contributed by atoms with Crippen molar-refractivity contribution in [3.05, 3.63) is 0 Å². The third-order valence-electron chi connectivity index (χ3n) is 3.71. The van der Waals surface area contributed by atoms with Crippen LogP contribution < -0.4 is 0 Å². The zero-order chi connectivity index (χ0) is 8.60. The smallest absolute Gasteiger partial charge is 0.0574 e. The zero-order valence-corrected chi connectivity index (χ0v) is 8.31. The minimum atomic E-state index is 0.581. The summed E-state index contributed by atoms with van der Waals surface area (Å²) in [6.45, 7) is 2.44.